The van der Waals surface area contributed by atoms with Gasteiger partial charge in [0.15, 0.2) is 0 Å². The molecule has 0 radical (unpaired) electrons. The third kappa shape index (κ3) is 3.25. The van der Waals surface area contributed by atoms with Crippen LogP contribution >= 0.6 is 0 Å². The third-order valence-corrected chi connectivity index (χ3v) is 3.94. The minimum Gasteiger partial charge on any atom is -0.316 e. The average Bonchev–Trinajstić information content (AvgIpc) is 3.23. The Morgan fingerprint density at radius 3 is 2.85 bits per heavy atom. The predicted octanol–water partition coefficient (Wildman–Crippen LogP) is 2.55. The first-order valence-electron chi connectivity index (χ1n) is 7.48. The van der Waals surface area contributed by atoms with Crippen LogP contribution in [0.2, 0.25) is 0 Å². The molecule has 0 saturated heterocycles. The van der Waals surface area contributed by atoms with E-state index in [0.717, 1.165) is 19.6 Å². The van der Waals surface area contributed by atoms with Crippen LogP contribution in [0.25, 0.3) is 0 Å². The molecule has 0 unspecified atom stereocenters. The lowest BCUT2D eigenvalue weighted by molar-refractivity contribution is 0.553. The Bertz CT molecular complexity index is 530. The van der Waals surface area contributed by atoms with Crippen molar-refractivity contribution in [2.45, 2.75) is 38.1 Å². The van der Waals surface area contributed by atoms with E-state index in [4.69, 9.17) is 0 Å². The monoisotopic (exact) mass is 270 g/mol. The first-order valence-corrected chi connectivity index (χ1v) is 7.48. The standard InChI is InChI=1S/C16H22N4/c1-13(14-5-3-2-4-6-14)11-17-9-10-20-12-18-19-16(20)15-7-8-15/h2-6,12-13,15,17H,7-11H2,1H3/t13-/m1/s1. The maximum Gasteiger partial charge on any atom is 0.135 e. The number of nitrogens with zero attached hydrogens (tertiary/aromatic N) is 3. The smallest absolute Gasteiger partial charge is 0.135 e. The van der Waals surface area contributed by atoms with Crippen LogP contribution in [0.3, 0.4) is 0 Å². The molecule has 1 atom stereocenters. The van der Waals surface area contributed by atoms with Crippen molar-refractivity contribution >= 4 is 0 Å². The highest BCUT2D eigenvalue weighted by molar-refractivity contribution is 5.18. The quantitative estimate of drug-likeness (QED) is 0.786. The van der Waals surface area contributed by atoms with Crippen LogP contribution in [-0.2, 0) is 6.54 Å². The second kappa shape index (κ2) is 6.18. The first-order chi connectivity index (χ1) is 9.84. The van der Waals surface area contributed by atoms with Gasteiger partial charge in [-0.2, -0.15) is 0 Å². The molecule has 1 saturated carbocycles. The van der Waals surface area contributed by atoms with Crippen molar-refractivity contribution in [3.05, 3.63) is 48.0 Å². The zero-order chi connectivity index (χ0) is 13.8. The summed E-state index contributed by atoms with van der Waals surface area (Å²) in [7, 11) is 0. The summed E-state index contributed by atoms with van der Waals surface area (Å²) in [5.74, 6) is 2.38. The Labute approximate surface area is 120 Å². The molecule has 1 aromatic heterocycles. The molecular weight excluding hydrogens is 248 g/mol. The highest BCUT2D eigenvalue weighted by Gasteiger charge is 2.28. The summed E-state index contributed by atoms with van der Waals surface area (Å²) in [6.45, 7) is 5.19. The number of rotatable bonds is 7. The van der Waals surface area contributed by atoms with Gasteiger partial charge in [0.1, 0.15) is 12.2 Å². The van der Waals surface area contributed by atoms with E-state index in [2.05, 4.69) is 57.3 Å². The summed E-state index contributed by atoms with van der Waals surface area (Å²) < 4.78 is 2.19. The lowest BCUT2D eigenvalue weighted by Crippen LogP contribution is -2.24. The molecule has 4 nitrogen and oxygen atoms in total. The SMILES string of the molecule is C[C@H](CNCCn1cnnc1C1CC1)c1ccccc1. The van der Waals surface area contributed by atoms with Crippen molar-refractivity contribution in [3.63, 3.8) is 0 Å². The van der Waals surface area contributed by atoms with Gasteiger partial charge >= 0.3 is 0 Å². The Morgan fingerprint density at radius 1 is 1.30 bits per heavy atom. The molecule has 106 valence electrons. The molecule has 1 aliphatic rings. The zero-order valence-corrected chi connectivity index (χ0v) is 12.0. The number of nitrogens with one attached hydrogen (secondary N) is 1. The molecule has 2 aromatic rings. The Kier molecular flexibility index (Phi) is 4.11. The highest BCUT2D eigenvalue weighted by atomic mass is 15.3. The van der Waals surface area contributed by atoms with Gasteiger partial charge in [0.25, 0.3) is 0 Å². The first kappa shape index (κ1) is 13.3. The van der Waals surface area contributed by atoms with Crippen molar-refractivity contribution < 1.29 is 0 Å². The van der Waals surface area contributed by atoms with Crippen LogP contribution in [0, 0.1) is 0 Å². The molecule has 0 bridgehead atoms. The molecular formula is C16H22N4. The molecule has 4 heteroatoms. The molecule has 1 fully saturated rings. The fraction of sp³-hybridized carbons (Fsp3) is 0.500. The van der Waals surface area contributed by atoms with Crippen LogP contribution in [0.15, 0.2) is 36.7 Å². The molecule has 1 aliphatic carbocycles. The summed E-state index contributed by atoms with van der Waals surface area (Å²) in [4.78, 5) is 0. The largest absolute Gasteiger partial charge is 0.316 e. The summed E-state index contributed by atoms with van der Waals surface area (Å²) in [5.41, 5.74) is 1.39. The van der Waals surface area contributed by atoms with Gasteiger partial charge in [0.2, 0.25) is 0 Å². The summed E-state index contributed by atoms with van der Waals surface area (Å²) in [6, 6.07) is 10.7. The minimum atomic E-state index is 0.542. The second-order valence-electron chi connectivity index (χ2n) is 5.67. The van der Waals surface area contributed by atoms with E-state index in [-0.39, 0.29) is 0 Å². The van der Waals surface area contributed by atoms with E-state index >= 15 is 0 Å². The lowest BCUT2D eigenvalue weighted by atomic mass is 10.0. The number of hydrogen-bond acceptors (Lipinski definition) is 3. The van der Waals surface area contributed by atoms with Gasteiger partial charge in [-0.1, -0.05) is 37.3 Å². The molecule has 0 aliphatic heterocycles. The van der Waals surface area contributed by atoms with Gasteiger partial charge in [-0.15, -0.1) is 10.2 Å². The van der Waals surface area contributed by atoms with E-state index in [1.807, 2.05) is 6.33 Å². The van der Waals surface area contributed by atoms with E-state index in [1.54, 1.807) is 0 Å². The van der Waals surface area contributed by atoms with Gasteiger partial charge in [0, 0.05) is 25.6 Å². The van der Waals surface area contributed by atoms with Gasteiger partial charge in [0.05, 0.1) is 0 Å². The van der Waals surface area contributed by atoms with E-state index in [1.165, 1.54) is 24.2 Å². The normalized spacial score (nSPS) is 16.2. The maximum absolute atomic E-state index is 4.22. The van der Waals surface area contributed by atoms with E-state index in [0.29, 0.717) is 11.8 Å². The van der Waals surface area contributed by atoms with E-state index < -0.39 is 0 Å². The fourth-order valence-electron chi connectivity index (χ4n) is 2.51. The van der Waals surface area contributed by atoms with E-state index in [9.17, 15) is 0 Å². The highest BCUT2D eigenvalue weighted by Crippen LogP contribution is 2.38. The Balaban J connectivity index is 1.43. The molecule has 20 heavy (non-hydrogen) atoms. The number of aromatic nitrogens is 3. The van der Waals surface area contributed by atoms with Crippen molar-refractivity contribution in [2.75, 3.05) is 13.1 Å². The van der Waals surface area contributed by atoms with Crippen LogP contribution in [-0.4, -0.2) is 27.9 Å². The topological polar surface area (TPSA) is 42.7 Å². The van der Waals surface area contributed by atoms with Crippen LogP contribution in [0.4, 0.5) is 0 Å². The van der Waals surface area contributed by atoms with Crippen molar-refractivity contribution in [2.24, 2.45) is 0 Å². The minimum absolute atomic E-state index is 0.542. The molecule has 1 heterocycles. The molecule has 3 rings (SSSR count). The number of benzene rings is 1. The Morgan fingerprint density at radius 2 is 2.10 bits per heavy atom. The molecule has 0 amide bonds. The third-order valence-electron chi connectivity index (χ3n) is 3.94. The summed E-state index contributed by atoms with van der Waals surface area (Å²) >= 11 is 0. The predicted molar refractivity (Wildman–Crippen MR) is 79.7 cm³/mol. The second-order valence-corrected chi connectivity index (χ2v) is 5.67. The van der Waals surface area contributed by atoms with Gasteiger partial charge in [-0.05, 0) is 24.3 Å². The molecule has 1 aromatic carbocycles. The number of hydrogen-bond donors (Lipinski definition) is 1. The summed E-state index contributed by atoms with van der Waals surface area (Å²) in [5, 5.41) is 11.8. The van der Waals surface area contributed by atoms with Gasteiger partial charge in [-0.25, -0.2) is 0 Å². The van der Waals surface area contributed by atoms with Crippen molar-refractivity contribution in [3.8, 4) is 0 Å². The summed E-state index contributed by atoms with van der Waals surface area (Å²) in [6.07, 6.45) is 4.41. The average molecular weight is 270 g/mol. The van der Waals surface area contributed by atoms with Crippen LogP contribution < -0.4 is 5.32 Å². The fourth-order valence-corrected chi connectivity index (χ4v) is 2.51. The Hall–Kier alpha value is -1.68. The van der Waals surface area contributed by atoms with Crippen molar-refractivity contribution in [1.82, 2.24) is 20.1 Å². The molecule has 0 spiro atoms. The van der Waals surface area contributed by atoms with Crippen LogP contribution in [0.1, 0.15) is 43.0 Å². The maximum atomic E-state index is 4.22. The lowest BCUT2D eigenvalue weighted by Gasteiger charge is -2.13. The van der Waals surface area contributed by atoms with Crippen molar-refractivity contribution in [1.29, 1.82) is 0 Å². The van der Waals surface area contributed by atoms with Crippen LogP contribution in [0.5, 0.6) is 0 Å². The van der Waals surface area contributed by atoms with Gasteiger partial charge < -0.3 is 9.88 Å². The van der Waals surface area contributed by atoms with Gasteiger partial charge in [-0.3, -0.25) is 0 Å². The zero-order valence-electron chi connectivity index (χ0n) is 12.0. The molecule has 1 N–H and O–H groups in total.